The van der Waals surface area contributed by atoms with E-state index in [1.165, 1.54) is 5.56 Å². The van der Waals surface area contributed by atoms with Crippen LogP contribution >= 0.6 is 0 Å². The second-order valence-electron chi connectivity index (χ2n) is 8.01. The summed E-state index contributed by atoms with van der Waals surface area (Å²) in [5.41, 5.74) is 4.19. The minimum absolute atomic E-state index is 0.151. The zero-order chi connectivity index (χ0) is 23.1. The fourth-order valence-electron chi connectivity index (χ4n) is 3.40. The van der Waals surface area contributed by atoms with Gasteiger partial charge in [-0.3, -0.25) is 9.10 Å². The molecule has 3 aromatic carbocycles. The number of unbranched alkanes of at least 4 members (excludes halogenated alkanes) is 1. The molecule has 32 heavy (non-hydrogen) atoms. The first-order chi connectivity index (χ1) is 15.3. The molecule has 0 saturated carbocycles. The van der Waals surface area contributed by atoms with Crippen molar-refractivity contribution in [3.8, 4) is 0 Å². The molecule has 0 aliphatic rings. The topological polar surface area (TPSA) is 66.5 Å². The number of hydrogen-bond acceptors (Lipinski definition) is 3. The summed E-state index contributed by atoms with van der Waals surface area (Å²) in [5.74, 6) is -0.400. The Bertz CT molecular complexity index is 1150. The van der Waals surface area contributed by atoms with Crippen LogP contribution in [0.25, 0.3) is 0 Å². The molecular formula is C26H30N2O3S. The predicted octanol–water partition coefficient (Wildman–Crippen LogP) is 5.48. The van der Waals surface area contributed by atoms with Crippen molar-refractivity contribution >= 4 is 27.3 Å². The van der Waals surface area contributed by atoms with Gasteiger partial charge in [-0.05, 0) is 74.2 Å². The summed E-state index contributed by atoms with van der Waals surface area (Å²) in [6, 6.07) is 21.5. The van der Waals surface area contributed by atoms with Crippen LogP contribution in [0.2, 0.25) is 0 Å². The second-order valence-corrected chi connectivity index (χ2v) is 9.87. The molecule has 6 heteroatoms. The predicted molar refractivity (Wildman–Crippen MR) is 131 cm³/mol. The molecule has 0 atom stereocenters. The Kier molecular flexibility index (Phi) is 7.70. The van der Waals surface area contributed by atoms with Gasteiger partial charge in [-0.2, -0.15) is 0 Å². The van der Waals surface area contributed by atoms with Gasteiger partial charge < -0.3 is 5.32 Å². The number of benzene rings is 3. The van der Waals surface area contributed by atoms with Crippen molar-refractivity contribution in [1.29, 1.82) is 0 Å². The molecule has 1 N–H and O–H groups in total. The fourth-order valence-corrected chi connectivity index (χ4v) is 4.82. The highest BCUT2D eigenvalue weighted by Gasteiger charge is 2.27. The van der Waals surface area contributed by atoms with Crippen LogP contribution < -0.4 is 9.62 Å². The maximum Gasteiger partial charge on any atom is 0.264 e. The van der Waals surface area contributed by atoms with Crippen molar-refractivity contribution < 1.29 is 13.2 Å². The molecule has 168 valence electrons. The van der Waals surface area contributed by atoms with Gasteiger partial charge >= 0.3 is 0 Å². The van der Waals surface area contributed by atoms with Gasteiger partial charge in [0, 0.05) is 5.69 Å². The van der Waals surface area contributed by atoms with Gasteiger partial charge in [0.1, 0.15) is 6.54 Å². The van der Waals surface area contributed by atoms with Gasteiger partial charge in [0.25, 0.3) is 10.0 Å². The molecule has 0 aromatic heterocycles. The molecule has 0 fully saturated rings. The van der Waals surface area contributed by atoms with Crippen LogP contribution in [0.4, 0.5) is 11.4 Å². The van der Waals surface area contributed by atoms with Gasteiger partial charge in [0.05, 0.1) is 10.6 Å². The highest BCUT2D eigenvalue weighted by atomic mass is 32.2. The summed E-state index contributed by atoms with van der Waals surface area (Å²) < 4.78 is 28.0. The molecule has 3 aromatic rings. The highest BCUT2D eigenvalue weighted by molar-refractivity contribution is 7.92. The van der Waals surface area contributed by atoms with Crippen molar-refractivity contribution in [2.75, 3.05) is 16.2 Å². The van der Waals surface area contributed by atoms with Crippen LogP contribution in [0, 0.1) is 13.8 Å². The summed E-state index contributed by atoms with van der Waals surface area (Å²) >= 11 is 0. The lowest BCUT2D eigenvalue weighted by Crippen LogP contribution is -2.38. The Balaban J connectivity index is 1.84. The maximum atomic E-state index is 13.4. The van der Waals surface area contributed by atoms with Crippen molar-refractivity contribution in [1.82, 2.24) is 0 Å². The first kappa shape index (κ1) is 23.5. The molecule has 0 unspecified atom stereocenters. The van der Waals surface area contributed by atoms with E-state index in [0.29, 0.717) is 11.4 Å². The Hall–Kier alpha value is -3.12. The summed E-state index contributed by atoms with van der Waals surface area (Å²) in [7, 11) is -3.92. The lowest BCUT2D eigenvalue weighted by atomic mass is 10.1. The first-order valence-electron chi connectivity index (χ1n) is 10.8. The number of sulfonamides is 1. The molecule has 0 aliphatic carbocycles. The molecule has 5 nitrogen and oxygen atoms in total. The Morgan fingerprint density at radius 1 is 0.906 bits per heavy atom. The number of anilines is 2. The number of nitrogens with zero attached hydrogens (tertiary/aromatic N) is 1. The zero-order valence-corrected chi connectivity index (χ0v) is 19.7. The number of carbonyl (C=O) groups excluding carboxylic acids is 1. The molecule has 1 amide bonds. The molecule has 0 bridgehead atoms. The van der Waals surface area contributed by atoms with E-state index in [1.807, 2.05) is 44.2 Å². The molecule has 0 aliphatic heterocycles. The number of amides is 1. The SMILES string of the molecule is CCCCc1ccc(NC(=O)CN(c2cccc(C)c2)S(=O)(=O)c2ccc(C)cc2)cc1. The van der Waals surface area contributed by atoms with E-state index >= 15 is 0 Å². The van der Waals surface area contributed by atoms with Gasteiger partial charge in [-0.1, -0.05) is 55.3 Å². The third-order valence-electron chi connectivity index (χ3n) is 5.24. The number of carbonyl (C=O) groups is 1. The van der Waals surface area contributed by atoms with Crippen LogP contribution in [0.15, 0.2) is 77.7 Å². The lowest BCUT2D eigenvalue weighted by Gasteiger charge is -2.24. The van der Waals surface area contributed by atoms with Crippen molar-refractivity contribution in [3.05, 3.63) is 89.5 Å². The van der Waals surface area contributed by atoms with Gasteiger partial charge in [0.15, 0.2) is 0 Å². The third kappa shape index (κ3) is 5.98. The number of hydrogen-bond donors (Lipinski definition) is 1. The zero-order valence-electron chi connectivity index (χ0n) is 18.8. The molecule has 0 spiro atoms. The minimum atomic E-state index is -3.92. The van der Waals surface area contributed by atoms with Gasteiger partial charge in [-0.25, -0.2) is 8.42 Å². The van der Waals surface area contributed by atoms with Crippen LogP contribution in [0.5, 0.6) is 0 Å². The molecule has 3 rings (SSSR count). The highest BCUT2D eigenvalue weighted by Crippen LogP contribution is 2.25. The normalized spacial score (nSPS) is 11.2. The van der Waals surface area contributed by atoms with Crippen molar-refractivity contribution in [3.63, 3.8) is 0 Å². The number of rotatable bonds is 9. The molecular weight excluding hydrogens is 420 g/mol. The van der Waals surface area contributed by atoms with E-state index < -0.39 is 15.9 Å². The van der Waals surface area contributed by atoms with Crippen molar-refractivity contribution in [2.24, 2.45) is 0 Å². The molecule has 0 radical (unpaired) electrons. The van der Waals surface area contributed by atoms with E-state index in [1.54, 1.807) is 42.5 Å². The lowest BCUT2D eigenvalue weighted by molar-refractivity contribution is -0.114. The minimum Gasteiger partial charge on any atom is -0.325 e. The van der Waals surface area contributed by atoms with Crippen LogP contribution in [0.3, 0.4) is 0 Å². The van der Waals surface area contributed by atoms with E-state index in [9.17, 15) is 13.2 Å². The maximum absolute atomic E-state index is 13.4. The number of nitrogens with one attached hydrogen (secondary N) is 1. The largest absolute Gasteiger partial charge is 0.325 e. The van der Waals surface area contributed by atoms with Crippen LogP contribution in [-0.4, -0.2) is 20.9 Å². The average Bonchev–Trinajstić information content (AvgIpc) is 2.77. The summed E-state index contributed by atoms with van der Waals surface area (Å²) in [5, 5.41) is 2.83. The second kappa shape index (κ2) is 10.5. The van der Waals surface area contributed by atoms with Crippen LogP contribution in [0.1, 0.15) is 36.5 Å². The van der Waals surface area contributed by atoms with E-state index in [-0.39, 0.29) is 11.4 Å². The standard InChI is InChI=1S/C26H30N2O3S/c1-4-5-8-22-12-14-23(15-13-22)27-26(29)19-28(24-9-6-7-21(3)18-24)32(30,31)25-16-10-20(2)11-17-25/h6-7,9-18H,4-5,8,19H2,1-3H3,(H,27,29). The van der Waals surface area contributed by atoms with E-state index in [4.69, 9.17) is 0 Å². The Morgan fingerprint density at radius 3 is 2.22 bits per heavy atom. The quantitative estimate of drug-likeness (QED) is 0.469. The summed E-state index contributed by atoms with van der Waals surface area (Å²) in [6.45, 7) is 5.62. The van der Waals surface area contributed by atoms with E-state index in [0.717, 1.165) is 34.7 Å². The monoisotopic (exact) mass is 450 g/mol. The van der Waals surface area contributed by atoms with Gasteiger partial charge in [0.2, 0.25) is 5.91 Å². The van der Waals surface area contributed by atoms with Gasteiger partial charge in [-0.15, -0.1) is 0 Å². The van der Waals surface area contributed by atoms with E-state index in [2.05, 4.69) is 12.2 Å². The smallest absolute Gasteiger partial charge is 0.264 e. The summed E-state index contributed by atoms with van der Waals surface area (Å²) in [6.07, 6.45) is 3.25. The Labute approximate surface area is 191 Å². The Morgan fingerprint density at radius 2 is 1.59 bits per heavy atom. The number of aryl methyl sites for hydroxylation is 3. The molecule has 0 saturated heterocycles. The first-order valence-corrected chi connectivity index (χ1v) is 12.3. The van der Waals surface area contributed by atoms with Crippen molar-refractivity contribution in [2.45, 2.75) is 44.9 Å². The summed E-state index contributed by atoms with van der Waals surface area (Å²) in [4.78, 5) is 13.0. The fraction of sp³-hybridized carbons (Fsp3) is 0.269. The van der Waals surface area contributed by atoms with Crippen LogP contribution in [-0.2, 0) is 21.2 Å². The third-order valence-corrected chi connectivity index (χ3v) is 7.03. The average molecular weight is 451 g/mol. The molecule has 0 heterocycles.